The SMILES string of the molecule is CCOCCCNC(=O)CN(C1CCCCC1)S(=O)(=O)c1c(C)cc(C)cc1C. The largest absolute Gasteiger partial charge is 0.382 e. The molecular formula is C22H36N2O4S. The van der Waals surface area contributed by atoms with E-state index >= 15 is 0 Å². The zero-order chi connectivity index (χ0) is 21.4. The summed E-state index contributed by atoms with van der Waals surface area (Å²) >= 11 is 0. The first-order valence-corrected chi connectivity index (χ1v) is 12.2. The summed E-state index contributed by atoms with van der Waals surface area (Å²) in [5, 5.41) is 2.85. The number of carbonyl (C=O) groups is 1. The number of aryl methyl sites for hydroxylation is 3. The van der Waals surface area contributed by atoms with Crippen molar-refractivity contribution in [2.45, 2.75) is 77.2 Å². The Morgan fingerprint density at radius 1 is 1.14 bits per heavy atom. The summed E-state index contributed by atoms with van der Waals surface area (Å²) in [6, 6.07) is 3.67. The van der Waals surface area contributed by atoms with Gasteiger partial charge < -0.3 is 10.1 Å². The highest BCUT2D eigenvalue weighted by molar-refractivity contribution is 7.89. The van der Waals surface area contributed by atoms with Gasteiger partial charge in [0.05, 0.1) is 11.4 Å². The number of hydrogen-bond donors (Lipinski definition) is 1. The highest BCUT2D eigenvalue weighted by Crippen LogP contribution is 2.31. The molecule has 0 atom stereocenters. The van der Waals surface area contributed by atoms with Gasteiger partial charge in [0.25, 0.3) is 0 Å². The minimum Gasteiger partial charge on any atom is -0.382 e. The van der Waals surface area contributed by atoms with Gasteiger partial charge in [-0.1, -0.05) is 37.0 Å². The number of nitrogens with one attached hydrogen (secondary N) is 1. The second-order valence-corrected chi connectivity index (χ2v) is 9.80. The number of rotatable bonds is 10. The molecule has 1 saturated carbocycles. The number of hydrogen-bond acceptors (Lipinski definition) is 4. The quantitative estimate of drug-likeness (QED) is 0.584. The Morgan fingerprint density at radius 2 is 1.76 bits per heavy atom. The summed E-state index contributed by atoms with van der Waals surface area (Å²) < 4.78 is 34.1. The Kier molecular flexibility index (Phi) is 9.11. The van der Waals surface area contributed by atoms with Crippen LogP contribution in [0.5, 0.6) is 0 Å². The number of benzene rings is 1. The molecule has 1 aromatic carbocycles. The van der Waals surface area contributed by atoms with E-state index in [0.29, 0.717) is 31.1 Å². The van der Waals surface area contributed by atoms with Crippen molar-refractivity contribution in [3.05, 3.63) is 28.8 Å². The molecule has 0 saturated heterocycles. The summed E-state index contributed by atoms with van der Waals surface area (Å²) in [6.07, 6.45) is 5.45. The van der Waals surface area contributed by atoms with Gasteiger partial charge in [-0.05, 0) is 58.1 Å². The Labute approximate surface area is 176 Å². The maximum absolute atomic E-state index is 13.7. The molecule has 1 aliphatic rings. The maximum atomic E-state index is 13.7. The standard InChI is InChI=1S/C22H36N2O4S/c1-5-28-13-9-12-23-21(25)16-24(20-10-7-6-8-11-20)29(26,27)22-18(3)14-17(2)15-19(22)4/h14-15,20H,5-13,16H2,1-4H3,(H,23,25). The van der Waals surface area contributed by atoms with Crippen LogP contribution in [0.3, 0.4) is 0 Å². The highest BCUT2D eigenvalue weighted by atomic mass is 32.2. The topological polar surface area (TPSA) is 75.7 Å². The summed E-state index contributed by atoms with van der Waals surface area (Å²) in [5.41, 5.74) is 2.51. The molecule has 0 heterocycles. The van der Waals surface area contributed by atoms with Crippen LogP contribution in [-0.2, 0) is 19.6 Å². The molecule has 1 amide bonds. The van der Waals surface area contributed by atoms with Gasteiger partial charge in [0, 0.05) is 25.8 Å². The van der Waals surface area contributed by atoms with Crippen molar-refractivity contribution in [1.82, 2.24) is 9.62 Å². The highest BCUT2D eigenvalue weighted by Gasteiger charge is 2.35. The molecule has 29 heavy (non-hydrogen) atoms. The molecule has 1 aromatic rings. The summed E-state index contributed by atoms with van der Waals surface area (Å²) in [5.74, 6) is -0.252. The lowest BCUT2D eigenvalue weighted by molar-refractivity contribution is -0.121. The molecule has 0 radical (unpaired) electrons. The lowest BCUT2D eigenvalue weighted by atomic mass is 9.95. The fourth-order valence-corrected chi connectivity index (χ4v) is 6.27. The van der Waals surface area contributed by atoms with Crippen LogP contribution in [0.1, 0.15) is 62.1 Å². The van der Waals surface area contributed by atoms with E-state index in [4.69, 9.17) is 4.74 Å². The molecule has 164 valence electrons. The summed E-state index contributed by atoms with van der Waals surface area (Å²) in [4.78, 5) is 12.9. The van der Waals surface area contributed by atoms with Gasteiger partial charge in [-0.3, -0.25) is 4.79 Å². The molecule has 6 nitrogen and oxygen atoms in total. The fourth-order valence-electron chi connectivity index (χ4n) is 4.21. The molecule has 0 aromatic heterocycles. The normalized spacial score (nSPS) is 15.6. The van der Waals surface area contributed by atoms with E-state index in [2.05, 4.69) is 5.32 Å². The van der Waals surface area contributed by atoms with Crippen molar-refractivity contribution in [2.24, 2.45) is 0 Å². The molecule has 7 heteroatoms. The zero-order valence-corrected chi connectivity index (χ0v) is 19.1. The van der Waals surface area contributed by atoms with Gasteiger partial charge in [-0.2, -0.15) is 4.31 Å². The maximum Gasteiger partial charge on any atom is 0.244 e. The second-order valence-electron chi connectivity index (χ2n) is 7.97. The van der Waals surface area contributed by atoms with Crippen LogP contribution in [0.2, 0.25) is 0 Å². The second kappa shape index (κ2) is 11.1. The number of amides is 1. The van der Waals surface area contributed by atoms with E-state index in [1.54, 1.807) is 0 Å². The Morgan fingerprint density at radius 3 is 2.34 bits per heavy atom. The third-order valence-corrected chi connectivity index (χ3v) is 7.65. The first kappa shape index (κ1) is 23.8. The van der Waals surface area contributed by atoms with Gasteiger partial charge in [0.1, 0.15) is 0 Å². The van der Waals surface area contributed by atoms with E-state index in [1.165, 1.54) is 4.31 Å². The van der Waals surface area contributed by atoms with Crippen molar-refractivity contribution in [2.75, 3.05) is 26.3 Å². The van der Waals surface area contributed by atoms with Crippen LogP contribution in [0, 0.1) is 20.8 Å². The van der Waals surface area contributed by atoms with Crippen LogP contribution in [0.25, 0.3) is 0 Å². The van der Waals surface area contributed by atoms with Crippen LogP contribution in [-0.4, -0.2) is 51.0 Å². The molecule has 0 unspecified atom stereocenters. The molecule has 1 N–H and O–H groups in total. The Bertz CT molecular complexity index is 763. The Hall–Kier alpha value is -1.44. The van der Waals surface area contributed by atoms with Crippen molar-refractivity contribution >= 4 is 15.9 Å². The average molecular weight is 425 g/mol. The first-order chi connectivity index (χ1) is 13.8. The van der Waals surface area contributed by atoms with E-state index in [9.17, 15) is 13.2 Å². The van der Waals surface area contributed by atoms with Gasteiger partial charge in [-0.15, -0.1) is 0 Å². The molecular weight excluding hydrogens is 388 g/mol. The fraction of sp³-hybridized carbons (Fsp3) is 0.682. The third-order valence-electron chi connectivity index (χ3n) is 5.44. The van der Waals surface area contributed by atoms with E-state index < -0.39 is 10.0 Å². The lowest BCUT2D eigenvalue weighted by Crippen LogP contribution is -2.47. The lowest BCUT2D eigenvalue weighted by Gasteiger charge is -2.33. The van der Waals surface area contributed by atoms with Crippen molar-refractivity contribution < 1.29 is 17.9 Å². The van der Waals surface area contributed by atoms with Crippen LogP contribution in [0.4, 0.5) is 0 Å². The number of carbonyl (C=O) groups excluding carboxylic acids is 1. The molecule has 0 spiro atoms. The molecule has 2 rings (SSSR count). The summed E-state index contributed by atoms with van der Waals surface area (Å²) in [7, 11) is -3.77. The number of ether oxygens (including phenoxy) is 1. The summed E-state index contributed by atoms with van der Waals surface area (Å²) in [6.45, 7) is 9.15. The van der Waals surface area contributed by atoms with Crippen LogP contribution < -0.4 is 5.32 Å². The van der Waals surface area contributed by atoms with E-state index in [1.807, 2.05) is 39.8 Å². The van der Waals surface area contributed by atoms with Crippen LogP contribution in [0.15, 0.2) is 17.0 Å². The van der Waals surface area contributed by atoms with E-state index in [0.717, 1.165) is 48.8 Å². The van der Waals surface area contributed by atoms with Gasteiger partial charge >= 0.3 is 0 Å². The van der Waals surface area contributed by atoms with Gasteiger partial charge in [0.15, 0.2) is 0 Å². The molecule has 0 aliphatic heterocycles. The first-order valence-electron chi connectivity index (χ1n) is 10.7. The number of nitrogens with zero attached hydrogens (tertiary/aromatic N) is 1. The van der Waals surface area contributed by atoms with E-state index in [-0.39, 0.29) is 18.5 Å². The molecule has 0 bridgehead atoms. The third kappa shape index (κ3) is 6.52. The smallest absolute Gasteiger partial charge is 0.244 e. The van der Waals surface area contributed by atoms with Crippen molar-refractivity contribution in [3.63, 3.8) is 0 Å². The molecule has 1 aliphatic carbocycles. The number of sulfonamides is 1. The molecule has 1 fully saturated rings. The van der Waals surface area contributed by atoms with Crippen molar-refractivity contribution in [1.29, 1.82) is 0 Å². The Balaban J connectivity index is 2.22. The minimum absolute atomic E-state index is 0.122. The van der Waals surface area contributed by atoms with Gasteiger partial charge in [-0.25, -0.2) is 8.42 Å². The monoisotopic (exact) mass is 424 g/mol. The zero-order valence-electron chi connectivity index (χ0n) is 18.3. The predicted molar refractivity (Wildman–Crippen MR) is 116 cm³/mol. The average Bonchev–Trinajstić information content (AvgIpc) is 2.65. The van der Waals surface area contributed by atoms with Crippen molar-refractivity contribution in [3.8, 4) is 0 Å². The predicted octanol–water partition coefficient (Wildman–Crippen LogP) is 3.48. The van der Waals surface area contributed by atoms with Gasteiger partial charge in [0.2, 0.25) is 15.9 Å². The minimum atomic E-state index is -3.77. The van der Waals surface area contributed by atoms with Crippen LogP contribution >= 0.6 is 0 Å².